The van der Waals surface area contributed by atoms with Gasteiger partial charge in [-0.05, 0) is 61.0 Å². The average molecular weight is 423 g/mol. The molecule has 140 valence electrons. The second-order valence-electron chi connectivity index (χ2n) is 7.78. The summed E-state index contributed by atoms with van der Waals surface area (Å²) in [4.78, 5) is 37.9. The van der Waals surface area contributed by atoms with Crippen LogP contribution < -0.4 is 5.56 Å². The predicted molar refractivity (Wildman–Crippen MR) is 102 cm³/mol. The van der Waals surface area contributed by atoms with Gasteiger partial charge in [-0.1, -0.05) is 6.92 Å². The van der Waals surface area contributed by atoms with Crippen LogP contribution in [0.2, 0.25) is 0 Å². The standard InChI is InChI=1S/C18H23BrN4O3/c1-10-9-23(17(25)26-18(2,3)4)6-5-11(10)12-7-13-15(22-16(12)24)20-8-14(19)21-13/h7-8,10-11H,5-6,9H2,1-4H3,(H,20,22,24). The lowest BCUT2D eigenvalue weighted by molar-refractivity contribution is 0.0155. The molecule has 0 spiro atoms. The smallest absolute Gasteiger partial charge is 0.410 e. The van der Waals surface area contributed by atoms with Crippen LogP contribution in [0.25, 0.3) is 11.2 Å². The second kappa shape index (κ2) is 6.98. The van der Waals surface area contributed by atoms with Crippen LogP contribution in [-0.4, -0.2) is 44.6 Å². The van der Waals surface area contributed by atoms with Crippen molar-refractivity contribution in [3.8, 4) is 0 Å². The van der Waals surface area contributed by atoms with Crippen molar-refractivity contribution < 1.29 is 9.53 Å². The lowest BCUT2D eigenvalue weighted by Gasteiger charge is -2.37. The number of rotatable bonds is 1. The van der Waals surface area contributed by atoms with Crippen molar-refractivity contribution >= 4 is 33.2 Å². The molecule has 7 nitrogen and oxygen atoms in total. The van der Waals surface area contributed by atoms with E-state index in [1.165, 1.54) is 0 Å². The minimum absolute atomic E-state index is 0.0580. The van der Waals surface area contributed by atoms with Crippen molar-refractivity contribution in [2.45, 2.75) is 45.6 Å². The van der Waals surface area contributed by atoms with Crippen molar-refractivity contribution in [3.05, 3.63) is 32.8 Å². The van der Waals surface area contributed by atoms with E-state index in [1.807, 2.05) is 26.8 Å². The van der Waals surface area contributed by atoms with Crippen LogP contribution in [0.5, 0.6) is 0 Å². The van der Waals surface area contributed by atoms with Gasteiger partial charge in [0.15, 0.2) is 5.65 Å². The molecule has 2 atom stereocenters. The number of hydrogen-bond donors (Lipinski definition) is 1. The number of likely N-dealkylation sites (tertiary alicyclic amines) is 1. The van der Waals surface area contributed by atoms with Crippen molar-refractivity contribution in [2.24, 2.45) is 5.92 Å². The summed E-state index contributed by atoms with van der Waals surface area (Å²) in [5, 5.41) is 0. The van der Waals surface area contributed by atoms with Gasteiger partial charge in [-0.25, -0.2) is 14.8 Å². The molecule has 1 aliphatic rings. The molecule has 1 saturated heterocycles. The highest BCUT2D eigenvalue weighted by atomic mass is 79.9. The topological polar surface area (TPSA) is 88.2 Å². The van der Waals surface area contributed by atoms with Crippen LogP contribution >= 0.6 is 15.9 Å². The number of nitrogens with one attached hydrogen (secondary N) is 1. The van der Waals surface area contributed by atoms with E-state index in [-0.39, 0.29) is 23.5 Å². The molecule has 2 aromatic heterocycles. The predicted octanol–water partition coefficient (Wildman–Crippen LogP) is 3.44. The van der Waals surface area contributed by atoms with Crippen LogP contribution in [0.15, 0.2) is 21.7 Å². The number of piperidine rings is 1. The number of fused-ring (bicyclic) bond motifs is 1. The zero-order valence-corrected chi connectivity index (χ0v) is 17.0. The molecule has 1 fully saturated rings. The maximum atomic E-state index is 12.5. The molecule has 26 heavy (non-hydrogen) atoms. The van der Waals surface area contributed by atoms with Crippen LogP contribution in [-0.2, 0) is 4.74 Å². The zero-order chi connectivity index (χ0) is 19.1. The molecule has 1 N–H and O–H groups in total. The Balaban J connectivity index is 1.81. The van der Waals surface area contributed by atoms with Crippen LogP contribution in [0, 0.1) is 5.92 Å². The number of carbonyl (C=O) groups is 1. The number of H-pyrrole nitrogens is 1. The van der Waals surface area contributed by atoms with Crippen molar-refractivity contribution in [2.75, 3.05) is 13.1 Å². The monoisotopic (exact) mass is 422 g/mol. The number of ether oxygens (including phenoxy) is 1. The largest absolute Gasteiger partial charge is 0.444 e. The molecular formula is C18H23BrN4O3. The Labute approximate surface area is 160 Å². The number of hydrogen-bond acceptors (Lipinski definition) is 5. The SMILES string of the molecule is CC1CN(C(=O)OC(C)(C)C)CCC1c1cc2nc(Br)cnc2[nH]c1=O. The summed E-state index contributed by atoms with van der Waals surface area (Å²) in [6, 6.07) is 1.82. The first-order chi connectivity index (χ1) is 12.1. The van der Waals surface area contributed by atoms with Crippen molar-refractivity contribution in [1.29, 1.82) is 0 Å². The molecule has 1 amide bonds. The molecular weight excluding hydrogens is 400 g/mol. The van der Waals surface area contributed by atoms with Gasteiger partial charge < -0.3 is 14.6 Å². The number of aromatic amines is 1. The number of halogens is 1. The summed E-state index contributed by atoms with van der Waals surface area (Å²) in [5.41, 5.74) is 1.16. The quantitative estimate of drug-likeness (QED) is 0.759. The van der Waals surface area contributed by atoms with E-state index in [0.717, 1.165) is 0 Å². The first kappa shape index (κ1) is 18.8. The zero-order valence-electron chi connectivity index (χ0n) is 15.4. The van der Waals surface area contributed by atoms with E-state index >= 15 is 0 Å². The normalized spacial score (nSPS) is 21.0. The van der Waals surface area contributed by atoms with Gasteiger partial charge in [0.05, 0.1) is 6.20 Å². The summed E-state index contributed by atoms with van der Waals surface area (Å²) in [7, 11) is 0. The molecule has 0 aliphatic carbocycles. The van der Waals surface area contributed by atoms with Gasteiger partial charge in [0.1, 0.15) is 15.7 Å². The Morgan fingerprint density at radius 2 is 2.15 bits per heavy atom. The fourth-order valence-electron chi connectivity index (χ4n) is 3.35. The summed E-state index contributed by atoms with van der Waals surface area (Å²) in [6.45, 7) is 8.74. The molecule has 3 rings (SSSR count). The summed E-state index contributed by atoms with van der Waals surface area (Å²) < 4.78 is 6.08. The fourth-order valence-corrected chi connectivity index (χ4v) is 3.64. The van der Waals surface area contributed by atoms with Crippen molar-refractivity contribution in [3.63, 3.8) is 0 Å². The number of aromatic nitrogens is 3. The Morgan fingerprint density at radius 1 is 1.42 bits per heavy atom. The van der Waals surface area contributed by atoms with Crippen LogP contribution in [0.3, 0.4) is 0 Å². The molecule has 3 heterocycles. The highest BCUT2D eigenvalue weighted by molar-refractivity contribution is 9.10. The van der Waals surface area contributed by atoms with Gasteiger partial charge in [0.25, 0.3) is 5.56 Å². The maximum Gasteiger partial charge on any atom is 0.410 e. The lowest BCUT2D eigenvalue weighted by Crippen LogP contribution is -2.45. The number of pyridine rings is 1. The second-order valence-corrected chi connectivity index (χ2v) is 8.59. The van der Waals surface area contributed by atoms with Gasteiger partial charge in [-0.2, -0.15) is 0 Å². The first-order valence-corrected chi connectivity index (χ1v) is 9.47. The molecule has 2 unspecified atom stereocenters. The summed E-state index contributed by atoms with van der Waals surface area (Å²) in [6.07, 6.45) is 1.96. The van der Waals surface area contributed by atoms with Gasteiger partial charge in [-0.3, -0.25) is 4.79 Å². The van der Waals surface area contributed by atoms with Gasteiger partial charge >= 0.3 is 6.09 Å². The molecule has 0 bridgehead atoms. The fraction of sp³-hybridized carbons (Fsp3) is 0.556. The van der Waals surface area contributed by atoms with Crippen molar-refractivity contribution in [1.82, 2.24) is 19.9 Å². The van der Waals surface area contributed by atoms with E-state index < -0.39 is 5.60 Å². The number of nitrogens with zero attached hydrogens (tertiary/aromatic N) is 3. The number of amides is 1. The van der Waals surface area contributed by atoms with E-state index in [4.69, 9.17) is 4.74 Å². The third-order valence-corrected chi connectivity index (χ3v) is 4.89. The minimum atomic E-state index is -0.515. The van der Waals surface area contributed by atoms with E-state index in [0.29, 0.717) is 40.8 Å². The molecule has 1 aliphatic heterocycles. The van der Waals surface area contributed by atoms with E-state index in [9.17, 15) is 9.59 Å². The Hall–Kier alpha value is -1.96. The first-order valence-electron chi connectivity index (χ1n) is 8.67. The van der Waals surface area contributed by atoms with E-state index in [1.54, 1.807) is 11.1 Å². The molecule has 0 radical (unpaired) electrons. The van der Waals surface area contributed by atoms with Crippen LogP contribution in [0.4, 0.5) is 4.79 Å². The summed E-state index contributed by atoms with van der Waals surface area (Å²) in [5.74, 6) is 0.192. The van der Waals surface area contributed by atoms with Gasteiger partial charge in [-0.15, -0.1) is 0 Å². The summed E-state index contributed by atoms with van der Waals surface area (Å²) >= 11 is 3.31. The highest BCUT2D eigenvalue weighted by Gasteiger charge is 2.33. The number of carbonyl (C=O) groups excluding carboxylic acids is 1. The molecule has 0 saturated carbocycles. The third-order valence-electron chi connectivity index (χ3n) is 4.51. The van der Waals surface area contributed by atoms with Gasteiger partial charge in [0.2, 0.25) is 0 Å². The Bertz CT molecular complexity index is 890. The lowest BCUT2D eigenvalue weighted by atomic mass is 9.82. The molecule has 2 aromatic rings. The van der Waals surface area contributed by atoms with Gasteiger partial charge in [0, 0.05) is 18.7 Å². The average Bonchev–Trinajstić information content (AvgIpc) is 2.53. The van der Waals surface area contributed by atoms with E-state index in [2.05, 4.69) is 37.8 Å². The minimum Gasteiger partial charge on any atom is -0.444 e. The maximum absolute atomic E-state index is 12.5. The highest BCUT2D eigenvalue weighted by Crippen LogP contribution is 2.32. The van der Waals surface area contributed by atoms with Crippen LogP contribution in [0.1, 0.15) is 45.6 Å². The Morgan fingerprint density at radius 3 is 2.81 bits per heavy atom. The third kappa shape index (κ3) is 4.06. The molecule has 8 heteroatoms. The Kier molecular flexibility index (Phi) is 5.05. The molecule has 0 aromatic carbocycles.